The monoisotopic (exact) mass is 472 g/mol. The maximum Gasteiger partial charge on any atom is 0.309 e. The summed E-state index contributed by atoms with van der Waals surface area (Å²) in [4.78, 5) is 13.1. The van der Waals surface area contributed by atoms with Crippen LogP contribution >= 0.6 is 0 Å². The van der Waals surface area contributed by atoms with Crippen LogP contribution in [0.5, 0.6) is 0 Å². The molecule has 0 saturated heterocycles. The quantitative estimate of drug-likeness (QED) is 0.194. The second-order valence-corrected chi connectivity index (χ2v) is 11.5. The molecule has 2 saturated carbocycles. The first-order valence-electron chi connectivity index (χ1n) is 13.4. The number of ether oxygens (including phenoxy) is 1. The first-order chi connectivity index (χ1) is 17.4. The van der Waals surface area contributed by atoms with E-state index in [1.165, 1.54) is 49.5 Å². The predicted molar refractivity (Wildman–Crippen MR) is 149 cm³/mol. The highest BCUT2D eigenvalue weighted by Gasteiger charge is 2.51. The Morgan fingerprint density at radius 2 is 1.22 bits per heavy atom. The highest BCUT2D eigenvalue weighted by Crippen LogP contribution is 2.55. The van der Waals surface area contributed by atoms with Crippen molar-refractivity contribution in [1.29, 1.82) is 0 Å². The average molecular weight is 473 g/mol. The molecular weight excluding hydrogens is 440 g/mol. The highest BCUT2D eigenvalue weighted by atomic mass is 16.5. The van der Waals surface area contributed by atoms with E-state index in [4.69, 9.17) is 4.74 Å². The Morgan fingerprint density at radius 1 is 0.694 bits per heavy atom. The van der Waals surface area contributed by atoms with Crippen molar-refractivity contribution >= 4 is 49.1 Å². The van der Waals surface area contributed by atoms with Crippen LogP contribution in [0.3, 0.4) is 0 Å². The van der Waals surface area contributed by atoms with Crippen molar-refractivity contribution in [2.75, 3.05) is 0 Å². The van der Waals surface area contributed by atoms with Gasteiger partial charge in [-0.2, -0.15) is 0 Å². The molecule has 7 rings (SSSR count). The largest absolute Gasteiger partial charge is 0.458 e. The SMILES string of the molecule is CC(OC(=O)C1CC2CC1C(C)C2C)c1ccc2cc3cc4cc5ccccc5cc4cc3cc2c1. The van der Waals surface area contributed by atoms with E-state index in [-0.39, 0.29) is 18.0 Å². The van der Waals surface area contributed by atoms with E-state index < -0.39 is 0 Å². The van der Waals surface area contributed by atoms with Gasteiger partial charge in [0.2, 0.25) is 0 Å². The molecule has 2 fully saturated rings. The molecule has 2 aliphatic rings. The van der Waals surface area contributed by atoms with Gasteiger partial charge in [0, 0.05) is 0 Å². The minimum absolute atomic E-state index is 0.00561. The Morgan fingerprint density at radius 3 is 1.78 bits per heavy atom. The minimum atomic E-state index is -0.243. The molecule has 180 valence electrons. The lowest BCUT2D eigenvalue weighted by molar-refractivity contribution is -0.156. The molecule has 36 heavy (non-hydrogen) atoms. The third-order valence-electron chi connectivity index (χ3n) is 9.60. The van der Waals surface area contributed by atoms with Crippen molar-refractivity contribution < 1.29 is 9.53 Å². The summed E-state index contributed by atoms with van der Waals surface area (Å²) in [6.45, 7) is 6.68. The number of carbonyl (C=O) groups is 1. The number of hydrogen-bond donors (Lipinski definition) is 0. The van der Waals surface area contributed by atoms with Crippen molar-refractivity contribution in [3.63, 3.8) is 0 Å². The summed E-state index contributed by atoms with van der Waals surface area (Å²) in [5.74, 6) is 2.64. The number of fused-ring (bicyclic) bond motifs is 6. The van der Waals surface area contributed by atoms with Crippen molar-refractivity contribution in [1.82, 2.24) is 0 Å². The van der Waals surface area contributed by atoms with Gasteiger partial charge in [-0.1, -0.05) is 50.2 Å². The van der Waals surface area contributed by atoms with E-state index in [9.17, 15) is 4.79 Å². The maximum absolute atomic E-state index is 13.1. The molecule has 2 heteroatoms. The second kappa shape index (κ2) is 8.06. The predicted octanol–water partition coefficient (Wildman–Crippen LogP) is 8.83. The zero-order valence-electron chi connectivity index (χ0n) is 21.2. The number of hydrogen-bond acceptors (Lipinski definition) is 2. The standard InChI is InChI=1S/C34H32O2/c1-19-20(2)32-17-26(19)18-33(32)34(35)36-21(3)22-8-9-25-13-30-15-28-11-23-6-4-5-7-24(23)12-29(28)16-31(30)14-27(25)10-22/h4-16,19-21,26,32-33H,17-18H2,1-3H3. The summed E-state index contributed by atoms with van der Waals surface area (Å²) in [5.41, 5.74) is 1.06. The summed E-state index contributed by atoms with van der Waals surface area (Å²) >= 11 is 0. The molecule has 0 amide bonds. The summed E-state index contributed by atoms with van der Waals surface area (Å²) in [5, 5.41) is 9.94. The molecule has 2 bridgehead atoms. The topological polar surface area (TPSA) is 26.3 Å². The minimum Gasteiger partial charge on any atom is -0.458 e. The van der Waals surface area contributed by atoms with Crippen LogP contribution in [0.15, 0.2) is 78.9 Å². The molecule has 0 spiro atoms. The Labute approximate surface area is 212 Å². The zero-order chi connectivity index (χ0) is 24.6. The number of carbonyl (C=O) groups excluding carboxylic acids is 1. The van der Waals surface area contributed by atoms with Gasteiger partial charge in [-0.05, 0) is 135 Å². The summed E-state index contributed by atoms with van der Waals surface area (Å²) in [6, 6.07) is 28.7. The fourth-order valence-electron chi connectivity index (χ4n) is 7.26. The fraction of sp³-hybridized carbons (Fsp3) is 0.324. The van der Waals surface area contributed by atoms with Gasteiger partial charge >= 0.3 is 5.97 Å². The Balaban J connectivity index is 1.19. The van der Waals surface area contributed by atoms with Crippen LogP contribution in [0.4, 0.5) is 0 Å². The summed E-state index contributed by atoms with van der Waals surface area (Å²) in [7, 11) is 0. The van der Waals surface area contributed by atoms with Gasteiger partial charge < -0.3 is 4.74 Å². The van der Waals surface area contributed by atoms with Gasteiger partial charge in [0.15, 0.2) is 0 Å². The first-order valence-corrected chi connectivity index (χ1v) is 13.4. The van der Waals surface area contributed by atoms with E-state index in [2.05, 4.69) is 92.7 Å². The lowest BCUT2D eigenvalue weighted by atomic mass is 9.76. The van der Waals surface area contributed by atoms with E-state index in [0.717, 1.165) is 17.9 Å². The molecular formula is C34H32O2. The molecule has 0 aliphatic heterocycles. The van der Waals surface area contributed by atoms with Crippen LogP contribution < -0.4 is 0 Å². The molecule has 5 aromatic carbocycles. The van der Waals surface area contributed by atoms with Gasteiger partial charge in [0.25, 0.3) is 0 Å². The van der Waals surface area contributed by atoms with Gasteiger partial charge in [-0.3, -0.25) is 4.79 Å². The maximum atomic E-state index is 13.1. The molecule has 2 aliphatic carbocycles. The molecule has 0 radical (unpaired) electrons. The van der Waals surface area contributed by atoms with Crippen LogP contribution in [0, 0.1) is 29.6 Å². The Kier molecular flexibility index (Phi) is 4.90. The van der Waals surface area contributed by atoms with Crippen LogP contribution in [-0.4, -0.2) is 5.97 Å². The van der Waals surface area contributed by atoms with Gasteiger partial charge in [0.05, 0.1) is 5.92 Å². The van der Waals surface area contributed by atoms with Crippen molar-refractivity contribution in [2.45, 2.75) is 39.7 Å². The van der Waals surface area contributed by atoms with Crippen LogP contribution in [-0.2, 0) is 9.53 Å². The molecule has 0 heterocycles. The van der Waals surface area contributed by atoms with E-state index >= 15 is 0 Å². The van der Waals surface area contributed by atoms with Crippen LogP contribution in [0.25, 0.3) is 43.1 Å². The smallest absolute Gasteiger partial charge is 0.309 e. The highest BCUT2D eigenvalue weighted by molar-refractivity contribution is 6.08. The number of rotatable bonds is 3. The van der Waals surface area contributed by atoms with Crippen molar-refractivity contribution in [3.8, 4) is 0 Å². The molecule has 6 unspecified atom stereocenters. The van der Waals surface area contributed by atoms with Crippen molar-refractivity contribution in [3.05, 3.63) is 84.4 Å². The normalized spacial score (nSPS) is 26.2. The second-order valence-electron chi connectivity index (χ2n) is 11.5. The van der Waals surface area contributed by atoms with Gasteiger partial charge in [-0.25, -0.2) is 0 Å². The Hall–Kier alpha value is -3.39. The molecule has 0 aromatic heterocycles. The Bertz CT molecular complexity index is 1660. The van der Waals surface area contributed by atoms with Gasteiger partial charge in [-0.15, -0.1) is 0 Å². The zero-order valence-corrected chi connectivity index (χ0v) is 21.2. The van der Waals surface area contributed by atoms with Crippen LogP contribution in [0.1, 0.15) is 45.3 Å². The van der Waals surface area contributed by atoms with Crippen LogP contribution in [0.2, 0.25) is 0 Å². The van der Waals surface area contributed by atoms with Crippen molar-refractivity contribution in [2.24, 2.45) is 29.6 Å². The average Bonchev–Trinajstić information content (AvgIpc) is 3.44. The van der Waals surface area contributed by atoms with E-state index in [1.807, 2.05) is 6.92 Å². The lowest BCUT2D eigenvalue weighted by Crippen LogP contribution is -2.31. The molecule has 6 atom stereocenters. The molecule has 0 N–H and O–H groups in total. The fourth-order valence-corrected chi connectivity index (χ4v) is 7.26. The third kappa shape index (κ3) is 3.42. The van der Waals surface area contributed by atoms with Gasteiger partial charge in [0.1, 0.15) is 6.10 Å². The lowest BCUT2D eigenvalue weighted by Gasteiger charge is -2.31. The number of benzene rings is 5. The first kappa shape index (κ1) is 21.9. The molecule has 5 aromatic rings. The summed E-state index contributed by atoms with van der Waals surface area (Å²) in [6.07, 6.45) is 1.96. The third-order valence-corrected chi connectivity index (χ3v) is 9.60. The van der Waals surface area contributed by atoms with E-state index in [0.29, 0.717) is 17.8 Å². The molecule has 2 nitrogen and oxygen atoms in total. The van der Waals surface area contributed by atoms with E-state index in [1.54, 1.807) is 0 Å². The summed E-state index contributed by atoms with van der Waals surface area (Å²) < 4.78 is 6.05. The number of esters is 1.